The number of fused-ring (bicyclic) bond motifs is 2. The van der Waals surface area contributed by atoms with Crippen molar-refractivity contribution < 1.29 is 33.4 Å². The van der Waals surface area contributed by atoms with Crippen molar-refractivity contribution in [1.29, 1.82) is 0 Å². The van der Waals surface area contributed by atoms with Crippen molar-refractivity contribution in [3.63, 3.8) is 0 Å². The van der Waals surface area contributed by atoms with E-state index >= 15 is 0 Å². The molecule has 9 heteroatoms. The van der Waals surface area contributed by atoms with Gasteiger partial charge >= 0.3 is 11.9 Å². The molecule has 3 aliphatic heterocycles. The van der Waals surface area contributed by atoms with Gasteiger partial charge in [0, 0.05) is 6.08 Å². The number of benzene rings is 1. The molecular formula is C15H9NO8. The van der Waals surface area contributed by atoms with Crippen molar-refractivity contribution in [1.82, 2.24) is 0 Å². The van der Waals surface area contributed by atoms with E-state index in [0.717, 1.165) is 6.08 Å². The number of nitro groups is 1. The van der Waals surface area contributed by atoms with Gasteiger partial charge in [-0.25, -0.2) is 4.79 Å². The van der Waals surface area contributed by atoms with Gasteiger partial charge in [0.1, 0.15) is 0 Å². The summed E-state index contributed by atoms with van der Waals surface area (Å²) in [4.78, 5) is 22.6. The molecule has 0 radical (unpaired) electrons. The minimum absolute atomic E-state index is 0.197. The van der Waals surface area contributed by atoms with E-state index < -0.39 is 28.4 Å². The van der Waals surface area contributed by atoms with Gasteiger partial charge < -0.3 is 14.2 Å². The molecule has 122 valence electrons. The number of ether oxygens (including phenoxy) is 5. The fourth-order valence-electron chi connectivity index (χ4n) is 3.26. The minimum atomic E-state index is -1.89. The first-order chi connectivity index (χ1) is 11.5. The third-order valence-corrected chi connectivity index (χ3v) is 4.33. The monoisotopic (exact) mass is 331 g/mol. The average Bonchev–Trinajstić information content (AvgIpc) is 3.13. The summed E-state index contributed by atoms with van der Waals surface area (Å²) in [5, 5.41) is 11.1. The lowest BCUT2D eigenvalue weighted by atomic mass is 9.99. The molecule has 3 unspecified atom stereocenters. The number of hydrogen-bond acceptors (Lipinski definition) is 8. The molecule has 4 aliphatic rings. The van der Waals surface area contributed by atoms with Gasteiger partial charge in [-0.15, -0.1) is 0 Å². The number of rotatable bonds is 1. The van der Waals surface area contributed by atoms with E-state index in [1.165, 1.54) is 12.2 Å². The maximum absolute atomic E-state index is 12.1. The lowest BCUT2D eigenvalue weighted by molar-refractivity contribution is -0.422. The summed E-state index contributed by atoms with van der Waals surface area (Å²) >= 11 is 0. The Bertz CT molecular complexity index is 863. The summed E-state index contributed by atoms with van der Waals surface area (Å²) in [7, 11) is 0. The Morgan fingerprint density at radius 3 is 2.71 bits per heavy atom. The number of esters is 1. The smallest absolute Gasteiger partial charge is 0.365 e. The Labute approximate surface area is 134 Å². The summed E-state index contributed by atoms with van der Waals surface area (Å²) in [6, 6.07) is 6.55. The number of nitrogens with zero attached hydrogens (tertiary/aromatic N) is 1. The lowest BCUT2D eigenvalue weighted by Crippen LogP contribution is -2.48. The molecule has 24 heavy (non-hydrogen) atoms. The fourth-order valence-corrected chi connectivity index (χ4v) is 3.26. The molecule has 1 aliphatic carbocycles. The van der Waals surface area contributed by atoms with Crippen molar-refractivity contribution >= 4 is 5.97 Å². The van der Waals surface area contributed by atoms with Gasteiger partial charge in [-0.2, -0.15) is 0 Å². The zero-order valence-electron chi connectivity index (χ0n) is 12.0. The summed E-state index contributed by atoms with van der Waals surface area (Å²) in [5.41, 5.74) is 0.389. The molecule has 1 aromatic carbocycles. The highest BCUT2D eigenvalue weighted by Gasteiger charge is 2.75. The summed E-state index contributed by atoms with van der Waals surface area (Å²) in [6.45, 7) is -0.197. The Hall–Kier alpha value is -2.59. The van der Waals surface area contributed by atoms with Gasteiger partial charge in [0.25, 0.3) is 17.3 Å². The van der Waals surface area contributed by atoms with Gasteiger partial charge in [-0.3, -0.25) is 19.6 Å². The summed E-state index contributed by atoms with van der Waals surface area (Å²) < 4.78 is 28.0. The number of carbonyl (C=O) groups is 1. The van der Waals surface area contributed by atoms with Crippen LogP contribution in [0.15, 0.2) is 48.2 Å². The predicted octanol–water partition coefficient (Wildman–Crippen LogP) is 1.14. The van der Waals surface area contributed by atoms with E-state index in [1.54, 1.807) is 24.3 Å². The van der Waals surface area contributed by atoms with Gasteiger partial charge in [-0.05, 0) is 18.2 Å². The largest absolute Gasteiger partial charge is 0.400 e. The fraction of sp³-hybridized carbons (Fsp3) is 0.267. The molecule has 1 spiro atoms. The first kappa shape index (κ1) is 13.8. The van der Waals surface area contributed by atoms with Crippen LogP contribution >= 0.6 is 0 Å². The van der Waals surface area contributed by atoms with Gasteiger partial charge in [0.2, 0.25) is 0 Å². The SMILES string of the molecule is O=C1OC2(OC34C=CC([N+](=O)[O-])=CC3(OCO4)O2)c2ccccc21. The molecule has 5 rings (SSSR count). The second-order valence-corrected chi connectivity index (χ2v) is 5.60. The van der Waals surface area contributed by atoms with Crippen molar-refractivity contribution in [2.75, 3.05) is 6.79 Å². The van der Waals surface area contributed by atoms with Crippen molar-refractivity contribution in [2.45, 2.75) is 17.5 Å². The number of hydrogen-bond donors (Lipinski definition) is 0. The van der Waals surface area contributed by atoms with Crippen LogP contribution in [0, 0.1) is 10.1 Å². The molecule has 1 aromatic rings. The Kier molecular flexibility index (Phi) is 2.35. The molecule has 0 N–H and O–H groups in total. The van der Waals surface area contributed by atoms with Gasteiger partial charge in [0.05, 0.1) is 22.1 Å². The topological polar surface area (TPSA) is 106 Å². The molecule has 0 saturated carbocycles. The van der Waals surface area contributed by atoms with Crippen LogP contribution in [0.5, 0.6) is 0 Å². The Morgan fingerprint density at radius 2 is 1.88 bits per heavy atom. The van der Waals surface area contributed by atoms with Crippen LogP contribution < -0.4 is 0 Å². The van der Waals surface area contributed by atoms with Gasteiger partial charge in [-0.1, -0.05) is 12.1 Å². The van der Waals surface area contributed by atoms with Gasteiger partial charge in [0.15, 0.2) is 6.79 Å². The molecule has 0 amide bonds. The summed E-state index contributed by atoms with van der Waals surface area (Å²) in [5.74, 6) is -5.81. The van der Waals surface area contributed by atoms with E-state index in [-0.39, 0.29) is 18.1 Å². The highest BCUT2D eigenvalue weighted by molar-refractivity contribution is 5.94. The molecule has 3 atom stereocenters. The molecule has 9 nitrogen and oxygen atoms in total. The second-order valence-electron chi connectivity index (χ2n) is 5.60. The van der Waals surface area contributed by atoms with Crippen LogP contribution in [0.1, 0.15) is 15.9 Å². The van der Waals surface area contributed by atoms with Crippen LogP contribution in [0.25, 0.3) is 0 Å². The standard InChI is InChI=1S/C15H9NO8/c17-12-10-3-1-2-4-11(10)15(22-12)23-13-6-5-9(16(18)19)7-14(13,24-15)21-8-20-13/h1-7H,8H2. The Balaban J connectivity index is 1.68. The van der Waals surface area contributed by atoms with Crippen molar-refractivity contribution in [3.8, 4) is 0 Å². The highest BCUT2D eigenvalue weighted by Crippen LogP contribution is 2.58. The molecule has 0 bridgehead atoms. The first-order valence-corrected chi connectivity index (χ1v) is 7.07. The maximum Gasteiger partial charge on any atom is 0.365 e. The lowest BCUT2D eigenvalue weighted by Gasteiger charge is -2.28. The third kappa shape index (κ3) is 1.45. The van der Waals surface area contributed by atoms with Crippen LogP contribution in [-0.4, -0.2) is 29.3 Å². The molecule has 0 aromatic heterocycles. The molecular weight excluding hydrogens is 322 g/mol. The second kappa shape index (κ2) is 4.08. The maximum atomic E-state index is 12.1. The van der Waals surface area contributed by atoms with E-state index in [0.29, 0.717) is 5.56 Å². The number of carbonyl (C=O) groups excluding carboxylic acids is 1. The zero-order valence-corrected chi connectivity index (χ0v) is 12.0. The first-order valence-electron chi connectivity index (χ1n) is 7.07. The van der Waals surface area contributed by atoms with E-state index in [9.17, 15) is 14.9 Å². The normalized spacial score (nSPS) is 38.5. The zero-order chi connectivity index (χ0) is 16.6. The van der Waals surface area contributed by atoms with E-state index in [2.05, 4.69) is 0 Å². The molecule has 2 fully saturated rings. The number of allylic oxidation sites excluding steroid dienone is 1. The Morgan fingerprint density at radius 1 is 1.12 bits per heavy atom. The quantitative estimate of drug-likeness (QED) is 0.428. The molecule has 2 saturated heterocycles. The van der Waals surface area contributed by atoms with E-state index in [1.807, 2.05) is 0 Å². The van der Waals surface area contributed by atoms with Crippen molar-refractivity contribution in [3.05, 3.63) is 69.4 Å². The minimum Gasteiger partial charge on any atom is -0.400 e. The van der Waals surface area contributed by atoms with Crippen LogP contribution in [-0.2, 0) is 29.7 Å². The average molecular weight is 331 g/mol. The van der Waals surface area contributed by atoms with Crippen LogP contribution in [0.2, 0.25) is 0 Å². The van der Waals surface area contributed by atoms with Crippen LogP contribution in [0.3, 0.4) is 0 Å². The van der Waals surface area contributed by atoms with E-state index in [4.69, 9.17) is 23.7 Å². The third-order valence-electron chi connectivity index (χ3n) is 4.33. The van der Waals surface area contributed by atoms with Crippen LogP contribution in [0.4, 0.5) is 0 Å². The highest BCUT2D eigenvalue weighted by atomic mass is 17.0. The predicted molar refractivity (Wildman–Crippen MR) is 72.4 cm³/mol. The van der Waals surface area contributed by atoms with Crippen molar-refractivity contribution in [2.24, 2.45) is 0 Å². The molecule has 3 heterocycles. The summed E-state index contributed by atoms with van der Waals surface area (Å²) in [6.07, 6.45) is 3.73.